The minimum atomic E-state index is -0.725. The molecule has 0 heterocycles. The minimum absolute atomic E-state index is 0.113. The summed E-state index contributed by atoms with van der Waals surface area (Å²) in [5.41, 5.74) is 2.06. The zero-order valence-electron chi connectivity index (χ0n) is 12.6. The number of nitrogens with one attached hydrogen (secondary N) is 1. The fourth-order valence-corrected chi connectivity index (χ4v) is 2.11. The molecule has 21 heavy (non-hydrogen) atoms. The van der Waals surface area contributed by atoms with Gasteiger partial charge in [0.2, 0.25) is 5.91 Å². The molecule has 0 saturated carbocycles. The van der Waals surface area contributed by atoms with Crippen molar-refractivity contribution in [2.24, 2.45) is 0 Å². The average Bonchev–Trinajstić information content (AvgIpc) is 2.48. The van der Waals surface area contributed by atoms with Crippen molar-refractivity contribution in [1.82, 2.24) is 0 Å². The van der Waals surface area contributed by atoms with Gasteiger partial charge in [-0.1, -0.05) is 31.2 Å². The van der Waals surface area contributed by atoms with Gasteiger partial charge in [0.05, 0.1) is 5.41 Å². The minimum Gasteiger partial charge on any atom is -0.325 e. The number of carbonyl (C=O) groups excluding carboxylic acids is 1. The van der Waals surface area contributed by atoms with Crippen molar-refractivity contribution in [3.05, 3.63) is 65.5 Å². The topological polar surface area (TPSA) is 29.1 Å². The Bertz CT molecular complexity index is 615. The first-order chi connectivity index (χ1) is 9.93. The highest BCUT2D eigenvalue weighted by Crippen LogP contribution is 2.25. The molecule has 110 valence electrons. The number of carbonyl (C=O) groups is 1. The quantitative estimate of drug-likeness (QED) is 0.891. The summed E-state index contributed by atoms with van der Waals surface area (Å²) in [6, 6.07) is 13.8. The maximum absolute atomic E-state index is 13.0. The lowest BCUT2D eigenvalue weighted by molar-refractivity contribution is -0.120. The van der Waals surface area contributed by atoms with Gasteiger partial charge in [0.15, 0.2) is 0 Å². The van der Waals surface area contributed by atoms with E-state index in [0.717, 1.165) is 17.7 Å². The first-order valence-corrected chi connectivity index (χ1v) is 7.10. The highest BCUT2D eigenvalue weighted by Gasteiger charge is 2.29. The van der Waals surface area contributed by atoms with Gasteiger partial charge in [0.25, 0.3) is 0 Å². The van der Waals surface area contributed by atoms with Gasteiger partial charge in [-0.25, -0.2) is 4.39 Å². The summed E-state index contributed by atoms with van der Waals surface area (Å²) in [4.78, 5) is 12.5. The molecule has 1 N–H and O–H groups in total. The summed E-state index contributed by atoms with van der Waals surface area (Å²) >= 11 is 0. The highest BCUT2D eigenvalue weighted by atomic mass is 19.1. The number of rotatable bonds is 4. The van der Waals surface area contributed by atoms with Crippen LogP contribution < -0.4 is 5.32 Å². The van der Waals surface area contributed by atoms with Gasteiger partial charge in [-0.2, -0.15) is 0 Å². The molecule has 0 aromatic heterocycles. The van der Waals surface area contributed by atoms with Gasteiger partial charge in [0.1, 0.15) is 5.82 Å². The average molecular weight is 285 g/mol. The highest BCUT2D eigenvalue weighted by molar-refractivity contribution is 5.98. The fourth-order valence-electron chi connectivity index (χ4n) is 2.11. The fraction of sp³-hybridized carbons (Fsp3) is 0.278. The Hall–Kier alpha value is -2.16. The van der Waals surface area contributed by atoms with Gasteiger partial charge < -0.3 is 5.32 Å². The van der Waals surface area contributed by atoms with E-state index in [1.54, 1.807) is 12.1 Å². The van der Waals surface area contributed by atoms with Gasteiger partial charge in [-0.3, -0.25) is 4.79 Å². The van der Waals surface area contributed by atoms with Crippen molar-refractivity contribution in [2.75, 3.05) is 5.32 Å². The zero-order valence-corrected chi connectivity index (χ0v) is 12.6. The van der Waals surface area contributed by atoms with E-state index in [1.165, 1.54) is 17.7 Å². The zero-order chi connectivity index (χ0) is 15.5. The van der Waals surface area contributed by atoms with Crippen LogP contribution in [0.3, 0.4) is 0 Å². The summed E-state index contributed by atoms with van der Waals surface area (Å²) in [6.07, 6.45) is 0.968. The largest absolute Gasteiger partial charge is 0.325 e. The van der Waals surface area contributed by atoms with Crippen LogP contribution in [0, 0.1) is 5.82 Å². The SMILES string of the molecule is CCc1ccc(NC(=O)C(C)(C)c2ccc(F)cc2)cc1. The Morgan fingerprint density at radius 3 is 2.14 bits per heavy atom. The molecule has 0 fully saturated rings. The smallest absolute Gasteiger partial charge is 0.234 e. The third-order valence-electron chi connectivity index (χ3n) is 3.75. The lowest BCUT2D eigenvalue weighted by atomic mass is 9.83. The second kappa shape index (κ2) is 6.08. The summed E-state index contributed by atoms with van der Waals surface area (Å²) in [5, 5.41) is 2.91. The van der Waals surface area contributed by atoms with Crippen LogP contribution in [0.2, 0.25) is 0 Å². The maximum Gasteiger partial charge on any atom is 0.234 e. The van der Waals surface area contributed by atoms with E-state index >= 15 is 0 Å². The van der Waals surface area contributed by atoms with Gasteiger partial charge in [-0.05, 0) is 55.7 Å². The van der Waals surface area contributed by atoms with Crippen LogP contribution in [0.1, 0.15) is 31.9 Å². The Morgan fingerprint density at radius 2 is 1.62 bits per heavy atom. The standard InChI is InChI=1S/C18H20FNO/c1-4-13-5-11-16(12-6-13)20-17(21)18(2,3)14-7-9-15(19)10-8-14/h5-12H,4H2,1-3H3,(H,20,21). The van der Waals surface area contributed by atoms with Crippen LogP contribution >= 0.6 is 0 Å². The van der Waals surface area contributed by atoms with E-state index in [-0.39, 0.29) is 11.7 Å². The molecule has 0 saturated heterocycles. The lowest BCUT2D eigenvalue weighted by Crippen LogP contribution is -2.34. The number of halogens is 1. The van der Waals surface area contributed by atoms with Crippen LogP contribution in [0.5, 0.6) is 0 Å². The Kier molecular flexibility index (Phi) is 4.41. The molecule has 2 rings (SSSR count). The lowest BCUT2D eigenvalue weighted by Gasteiger charge is -2.24. The summed E-state index contributed by atoms with van der Waals surface area (Å²) in [5.74, 6) is -0.413. The van der Waals surface area contributed by atoms with Gasteiger partial charge in [-0.15, -0.1) is 0 Å². The van der Waals surface area contributed by atoms with Crippen molar-refractivity contribution in [2.45, 2.75) is 32.6 Å². The number of hydrogen-bond donors (Lipinski definition) is 1. The molecule has 0 atom stereocenters. The monoisotopic (exact) mass is 285 g/mol. The molecule has 0 radical (unpaired) electrons. The normalized spacial score (nSPS) is 11.2. The van der Waals surface area contributed by atoms with Crippen molar-refractivity contribution in [1.29, 1.82) is 0 Å². The second-order valence-electron chi connectivity index (χ2n) is 5.64. The van der Waals surface area contributed by atoms with Crippen LogP contribution in [-0.4, -0.2) is 5.91 Å². The number of amides is 1. The van der Waals surface area contributed by atoms with E-state index in [2.05, 4.69) is 12.2 Å². The first-order valence-electron chi connectivity index (χ1n) is 7.10. The molecular weight excluding hydrogens is 265 g/mol. The first kappa shape index (κ1) is 15.2. The summed E-state index contributed by atoms with van der Waals surface area (Å²) in [6.45, 7) is 5.75. The van der Waals surface area contributed by atoms with E-state index in [9.17, 15) is 9.18 Å². The molecule has 2 aromatic rings. The van der Waals surface area contributed by atoms with Crippen molar-refractivity contribution in [3.63, 3.8) is 0 Å². The predicted molar refractivity (Wildman–Crippen MR) is 83.9 cm³/mol. The van der Waals surface area contributed by atoms with Crippen molar-refractivity contribution >= 4 is 11.6 Å². The predicted octanol–water partition coefficient (Wildman–Crippen LogP) is 4.30. The Balaban J connectivity index is 2.15. The van der Waals surface area contributed by atoms with E-state index < -0.39 is 5.41 Å². The van der Waals surface area contributed by atoms with E-state index in [0.29, 0.717) is 0 Å². The van der Waals surface area contributed by atoms with E-state index in [4.69, 9.17) is 0 Å². The van der Waals surface area contributed by atoms with E-state index in [1.807, 2.05) is 38.1 Å². The molecule has 0 aliphatic rings. The Labute approximate surface area is 125 Å². The molecule has 0 aliphatic carbocycles. The van der Waals surface area contributed by atoms with Crippen LogP contribution in [-0.2, 0) is 16.6 Å². The van der Waals surface area contributed by atoms with Gasteiger partial charge in [0, 0.05) is 5.69 Å². The second-order valence-corrected chi connectivity index (χ2v) is 5.64. The molecule has 0 bridgehead atoms. The van der Waals surface area contributed by atoms with Gasteiger partial charge >= 0.3 is 0 Å². The third-order valence-corrected chi connectivity index (χ3v) is 3.75. The molecule has 0 spiro atoms. The van der Waals surface area contributed by atoms with Crippen LogP contribution in [0.15, 0.2) is 48.5 Å². The molecular formula is C18H20FNO. The molecule has 0 aliphatic heterocycles. The molecule has 1 amide bonds. The molecule has 2 nitrogen and oxygen atoms in total. The number of anilines is 1. The summed E-state index contributed by atoms with van der Waals surface area (Å²) in [7, 11) is 0. The van der Waals surface area contributed by atoms with Crippen LogP contribution in [0.4, 0.5) is 10.1 Å². The van der Waals surface area contributed by atoms with Crippen molar-refractivity contribution in [3.8, 4) is 0 Å². The van der Waals surface area contributed by atoms with Crippen LogP contribution in [0.25, 0.3) is 0 Å². The maximum atomic E-state index is 13.0. The third kappa shape index (κ3) is 3.48. The molecule has 0 unspecified atom stereocenters. The molecule has 3 heteroatoms. The number of aryl methyl sites for hydroxylation is 1. The van der Waals surface area contributed by atoms with Crippen molar-refractivity contribution < 1.29 is 9.18 Å². The Morgan fingerprint density at radius 1 is 1.05 bits per heavy atom. The number of benzene rings is 2. The molecule has 2 aromatic carbocycles. The summed E-state index contributed by atoms with van der Waals surface area (Å²) < 4.78 is 13.0. The number of hydrogen-bond acceptors (Lipinski definition) is 1.